The van der Waals surface area contributed by atoms with E-state index in [0.717, 1.165) is 24.8 Å². The number of nitrogens with one attached hydrogen (secondary N) is 1. The summed E-state index contributed by atoms with van der Waals surface area (Å²) >= 11 is 0. The first-order chi connectivity index (χ1) is 14.0. The van der Waals surface area contributed by atoms with Crippen molar-refractivity contribution in [1.29, 1.82) is 0 Å². The van der Waals surface area contributed by atoms with E-state index in [0.29, 0.717) is 24.6 Å². The number of sulfonamides is 1. The minimum absolute atomic E-state index is 0.0997. The second kappa shape index (κ2) is 9.28. The van der Waals surface area contributed by atoms with Gasteiger partial charge in [0.15, 0.2) is 0 Å². The molecule has 1 heterocycles. The molecule has 156 valence electrons. The molecule has 0 saturated carbocycles. The van der Waals surface area contributed by atoms with Crippen molar-refractivity contribution >= 4 is 15.9 Å². The molecule has 0 radical (unpaired) electrons. The Bertz CT molecular complexity index is 969. The van der Waals surface area contributed by atoms with Crippen molar-refractivity contribution in [3.05, 3.63) is 53.6 Å². The molecule has 1 fully saturated rings. The minimum Gasteiger partial charge on any atom is -0.496 e. The zero-order chi connectivity index (χ0) is 20.9. The molecule has 1 amide bonds. The fourth-order valence-electron chi connectivity index (χ4n) is 3.40. The summed E-state index contributed by atoms with van der Waals surface area (Å²) in [7, 11) is -0.625. The fraction of sp³-hybridized carbons (Fsp3) is 0.381. The molecule has 2 aromatic carbocycles. The highest BCUT2D eigenvalue weighted by Gasteiger charge is 2.27. The van der Waals surface area contributed by atoms with Crippen LogP contribution in [-0.2, 0) is 16.6 Å². The van der Waals surface area contributed by atoms with Gasteiger partial charge in [0.05, 0.1) is 24.7 Å². The molecule has 1 aliphatic rings. The number of amides is 1. The number of ether oxygens (including phenoxy) is 2. The Hall–Kier alpha value is -2.58. The number of hydrogen-bond acceptors (Lipinski definition) is 5. The van der Waals surface area contributed by atoms with Gasteiger partial charge >= 0.3 is 0 Å². The second-order valence-electron chi connectivity index (χ2n) is 6.82. The van der Waals surface area contributed by atoms with Crippen molar-refractivity contribution in [1.82, 2.24) is 9.62 Å². The topological polar surface area (TPSA) is 84.9 Å². The van der Waals surface area contributed by atoms with Crippen LogP contribution in [0.4, 0.5) is 0 Å². The molecule has 8 heteroatoms. The van der Waals surface area contributed by atoms with Gasteiger partial charge in [-0.3, -0.25) is 4.79 Å². The van der Waals surface area contributed by atoms with Gasteiger partial charge in [0, 0.05) is 25.2 Å². The van der Waals surface area contributed by atoms with Gasteiger partial charge in [-0.25, -0.2) is 8.42 Å². The lowest BCUT2D eigenvalue weighted by atomic mass is 10.1. The Morgan fingerprint density at radius 3 is 2.38 bits per heavy atom. The van der Waals surface area contributed by atoms with E-state index in [1.165, 1.54) is 29.6 Å². The number of hydrogen-bond donors (Lipinski definition) is 1. The molecule has 7 nitrogen and oxygen atoms in total. The van der Waals surface area contributed by atoms with Crippen LogP contribution in [0, 0.1) is 0 Å². The van der Waals surface area contributed by atoms with Gasteiger partial charge in [0.1, 0.15) is 11.5 Å². The molecular formula is C21H26N2O5S. The Morgan fingerprint density at radius 1 is 1.00 bits per heavy atom. The number of carbonyl (C=O) groups excluding carboxylic acids is 1. The average molecular weight is 419 g/mol. The van der Waals surface area contributed by atoms with Crippen LogP contribution in [0.3, 0.4) is 0 Å². The SMILES string of the molecule is COc1ccccc1CNC(=O)c1cc(S(=O)(=O)N2CCCCC2)ccc1OC. The number of para-hydroxylation sites is 1. The van der Waals surface area contributed by atoms with Gasteiger partial charge in [-0.2, -0.15) is 4.31 Å². The van der Waals surface area contributed by atoms with E-state index in [-0.39, 0.29) is 17.0 Å². The van der Waals surface area contributed by atoms with Gasteiger partial charge < -0.3 is 14.8 Å². The number of benzene rings is 2. The maximum Gasteiger partial charge on any atom is 0.255 e. The standard InChI is InChI=1S/C21H26N2O5S/c1-27-19-9-5-4-8-16(19)15-22-21(24)18-14-17(10-11-20(18)28-2)29(25,26)23-12-6-3-7-13-23/h4-5,8-11,14H,3,6-7,12-13,15H2,1-2H3,(H,22,24). The third-order valence-electron chi connectivity index (χ3n) is 5.00. The van der Waals surface area contributed by atoms with Crippen molar-refractivity contribution in [2.75, 3.05) is 27.3 Å². The molecule has 0 atom stereocenters. The number of nitrogens with zero attached hydrogens (tertiary/aromatic N) is 1. The van der Waals surface area contributed by atoms with E-state index in [1.54, 1.807) is 7.11 Å². The van der Waals surface area contributed by atoms with Crippen molar-refractivity contribution in [2.45, 2.75) is 30.7 Å². The third kappa shape index (κ3) is 4.71. The molecule has 0 aromatic heterocycles. The molecule has 29 heavy (non-hydrogen) atoms. The van der Waals surface area contributed by atoms with Crippen LogP contribution in [-0.4, -0.2) is 45.9 Å². The first-order valence-electron chi connectivity index (χ1n) is 9.55. The maximum atomic E-state index is 13.0. The number of piperidine rings is 1. The summed E-state index contributed by atoms with van der Waals surface area (Å²) in [5.41, 5.74) is 1.000. The zero-order valence-electron chi connectivity index (χ0n) is 16.7. The largest absolute Gasteiger partial charge is 0.496 e. The Morgan fingerprint density at radius 2 is 1.69 bits per heavy atom. The number of carbonyl (C=O) groups is 1. The van der Waals surface area contributed by atoms with E-state index in [9.17, 15) is 13.2 Å². The van der Waals surface area contributed by atoms with E-state index >= 15 is 0 Å². The van der Waals surface area contributed by atoms with Crippen LogP contribution in [0.1, 0.15) is 35.2 Å². The molecule has 0 aliphatic carbocycles. The molecule has 0 spiro atoms. The van der Waals surface area contributed by atoms with E-state index < -0.39 is 15.9 Å². The quantitative estimate of drug-likeness (QED) is 0.747. The average Bonchev–Trinajstić information content (AvgIpc) is 2.77. The molecule has 2 aromatic rings. The summed E-state index contributed by atoms with van der Waals surface area (Å²) in [6, 6.07) is 11.8. The van der Waals surface area contributed by atoms with Crippen molar-refractivity contribution in [2.24, 2.45) is 0 Å². The van der Waals surface area contributed by atoms with E-state index in [1.807, 2.05) is 24.3 Å². The minimum atomic E-state index is -3.64. The van der Waals surface area contributed by atoms with Crippen LogP contribution >= 0.6 is 0 Å². The van der Waals surface area contributed by atoms with Gasteiger partial charge in [-0.1, -0.05) is 24.6 Å². The summed E-state index contributed by atoms with van der Waals surface area (Å²) in [4.78, 5) is 12.9. The maximum absolute atomic E-state index is 13.0. The summed E-state index contributed by atoms with van der Waals surface area (Å²) < 4.78 is 38.0. The predicted octanol–water partition coefficient (Wildman–Crippen LogP) is 2.81. The van der Waals surface area contributed by atoms with Crippen LogP contribution in [0.5, 0.6) is 11.5 Å². The lowest BCUT2D eigenvalue weighted by Gasteiger charge is -2.26. The Labute approximate surface area is 171 Å². The summed E-state index contributed by atoms with van der Waals surface area (Å²) in [6.07, 6.45) is 2.73. The highest BCUT2D eigenvalue weighted by Crippen LogP contribution is 2.26. The van der Waals surface area contributed by atoms with Gasteiger partial charge in [-0.05, 0) is 37.1 Å². The lowest BCUT2D eigenvalue weighted by molar-refractivity contribution is 0.0947. The number of methoxy groups -OCH3 is 2. The molecular weight excluding hydrogens is 392 g/mol. The summed E-state index contributed by atoms with van der Waals surface area (Å²) in [5.74, 6) is 0.574. The Balaban J connectivity index is 1.84. The lowest BCUT2D eigenvalue weighted by Crippen LogP contribution is -2.35. The normalized spacial score (nSPS) is 15.0. The molecule has 0 bridgehead atoms. The zero-order valence-corrected chi connectivity index (χ0v) is 17.5. The third-order valence-corrected chi connectivity index (χ3v) is 6.89. The predicted molar refractivity (Wildman–Crippen MR) is 110 cm³/mol. The van der Waals surface area contributed by atoms with Crippen LogP contribution < -0.4 is 14.8 Å². The van der Waals surface area contributed by atoms with Crippen molar-refractivity contribution in [3.8, 4) is 11.5 Å². The molecule has 1 saturated heterocycles. The second-order valence-corrected chi connectivity index (χ2v) is 8.76. The van der Waals surface area contributed by atoms with E-state index in [2.05, 4.69) is 5.32 Å². The van der Waals surface area contributed by atoms with Gasteiger partial charge in [-0.15, -0.1) is 0 Å². The molecule has 1 N–H and O–H groups in total. The first kappa shape index (κ1) is 21.1. The molecule has 0 unspecified atom stereocenters. The highest BCUT2D eigenvalue weighted by molar-refractivity contribution is 7.89. The highest BCUT2D eigenvalue weighted by atomic mass is 32.2. The van der Waals surface area contributed by atoms with Gasteiger partial charge in [0.2, 0.25) is 10.0 Å². The van der Waals surface area contributed by atoms with Crippen LogP contribution in [0.25, 0.3) is 0 Å². The number of rotatable bonds is 7. The molecule has 3 rings (SSSR count). The van der Waals surface area contributed by atoms with Gasteiger partial charge in [0.25, 0.3) is 5.91 Å². The summed E-state index contributed by atoms with van der Waals surface area (Å²) in [6.45, 7) is 1.25. The van der Waals surface area contributed by atoms with E-state index in [4.69, 9.17) is 9.47 Å². The van der Waals surface area contributed by atoms with Crippen LogP contribution in [0.15, 0.2) is 47.4 Å². The monoisotopic (exact) mass is 418 g/mol. The van der Waals surface area contributed by atoms with Crippen molar-refractivity contribution < 1.29 is 22.7 Å². The Kier molecular flexibility index (Phi) is 6.76. The van der Waals surface area contributed by atoms with Crippen LogP contribution in [0.2, 0.25) is 0 Å². The smallest absolute Gasteiger partial charge is 0.255 e. The molecule has 1 aliphatic heterocycles. The summed E-state index contributed by atoms with van der Waals surface area (Å²) in [5, 5.41) is 2.82. The fourth-order valence-corrected chi connectivity index (χ4v) is 4.94. The van der Waals surface area contributed by atoms with Crippen molar-refractivity contribution in [3.63, 3.8) is 0 Å². The first-order valence-corrected chi connectivity index (χ1v) is 11.0.